The Morgan fingerprint density at radius 1 is 1.29 bits per heavy atom. The van der Waals surface area contributed by atoms with E-state index in [4.69, 9.17) is 4.74 Å². The second kappa shape index (κ2) is 6.19. The summed E-state index contributed by atoms with van der Waals surface area (Å²) in [6.07, 6.45) is 2.20. The van der Waals surface area contributed by atoms with E-state index in [2.05, 4.69) is 10.3 Å². The van der Waals surface area contributed by atoms with Crippen LogP contribution in [0.4, 0.5) is 4.39 Å². The van der Waals surface area contributed by atoms with Gasteiger partial charge in [0.25, 0.3) is 0 Å². The van der Waals surface area contributed by atoms with Crippen LogP contribution in [-0.2, 0) is 16.4 Å². The highest BCUT2D eigenvalue weighted by molar-refractivity contribution is 7.90. The number of benzene rings is 1. The topological polar surface area (TPSA) is 68.3 Å². The first-order valence-corrected chi connectivity index (χ1v) is 8.06. The van der Waals surface area contributed by atoms with Gasteiger partial charge in [-0.3, -0.25) is 0 Å². The molecule has 7 heteroatoms. The van der Waals surface area contributed by atoms with Crippen LogP contribution in [0.1, 0.15) is 5.56 Å². The quantitative estimate of drug-likeness (QED) is 0.916. The Hall–Kier alpha value is -1.99. The van der Waals surface area contributed by atoms with Gasteiger partial charge in [0.2, 0.25) is 5.88 Å². The smallest absolute Gasteiger partial charge is 0.223 e. The second-order valence-electron chi connectivity index (χ2n) is 4.49. The molecular formula is C14H15FN2O3S. The van der Waals surface area contributed by atoms with Crippen LogP contribution in [0.3, 0.4) is 0 Å². The molecule has 0 radical (unpaired) electrons. The summed E-state index contributed by atoms with van der Waals surface area (Å²) in [4.78, 5) is 4.11. The van der Waals surface area contributed by atoms with Crippen LogP contribution in [0.2, 0.25) is 0 Å². The van der Waals surface area contributed by atoms with Crippen molar-refractivity contribution in [2.24, 2.45) is 0 Å². The van der Waals surface area contributed by atoms with Gasteiger partial charge in [-0.05, 0) is 37.4 Å². The first-order valence-electron chi connectivity index (χ1n) is 6.17. The van der Waals surface area contributed by atoms with Crippen LogP contribution >= 0.6 is 0 Å². The van der Waals surface area contributed by atoms with Crippen LogP contribution in [0, 0.1) is 5.82 Å². The van der Waals surface area contributed by atoms with Gasteiger partial charge in [0.1, 0.15) is 11.6 Å². The van der Waals surface area contributed by atoms with E-state index >= 15 is 0 Å². The Morgan fingerprint density at radius 2 is 1.95 bits per heavy atom. The van der Waals surface area contributed by atoms with Gasteiger partial charge >= 0.3 is 0 Å². The number of aromatic nitrogens is 1. The molecule has 0 aliphatic rings. The molecule has 0 amide bonds. The average Bonchev–Trinajstić information content (AvgIpc) is 2.42. The van der Waals surface area contributed by atoms with Gasteiger partial charge in [-0.25, -0.2) is 17.8 Å². The van der Waals surface area contributed by atoms with Gasteiger partial charge in [-0.2, -0.15) is 0 Å². The largest absolute Gasteiger partial charge is 0.439 e. The van der Waals surface area contributed by atoms with Gasteiger partial charge in [-0.1, -0.05) is 0 Å². The summed E-state index contributed by atoms with van der Waals surface area (Å²) in [6.45, 7) is 0.404. The van der Waals surface area contributed by atoms with Crippen LogP contribution in [0.15, 0.2) is 41.4 Å². The number of hydrogen-bond acceptors (Lipinski definition) is 5. The highest BCUT2D eigenvalue weighted by Crippen LogP contribution is 2.24. The van der Waals surface area contributed by atoms with Crippen molar-refractivity contribution in [1.82, 2.24) is 10.3 Å². The molecule has 0 saturated heterocycles. The van der Waals surface area contributed by atoms with Crippen LogP contribution in [0.25, 0.3) is 0 Å². The first-order chi connectivity index (χ1) is 9.90. The Balaban J connectivity index is 2.26. The van der Waals surface area contributed by atoms with E-state index in [9.17, 15) is 12.8 Å². The molecule has 2 aromatic rings. The summed E-state index contributed by atoms with van der Waals surface area (Å²) in [5, 5.41) is 2.90. The maximum absolute atomic E-state index is 13.2. The molecule has 0 unspecified atom stereocenters. The molecule has 0 spiro atoms. The molecule has 1 aromatic carbocycles. The molecule has 21 heavy (non-hydrogen) atoms. The van der Waals surface area contributed by atoms with Crippen molar-refractivity contribution in [2.45, 2.75) is 11.4 Å². The summed E-state index contributed by atoms with van der Waals surface area (Å²) in [5.74, 6) is 0.261. The van der Waals surface area contributed by atoms with E-state index in [-0.39, 0.29) is 10.8 Å². The lowest BCUT2D eigenvalue weighted by Gasteiger charge is -2.10. The molecule has 112 valence electrons. The van der Waals surface area contributed by atoms with Crippen molar-refractivity contribution >= 4 is 9.84 Å². The number of pyridine rings is 1. The Labute approximate surface area is 122 Å². The number of rotatable bonds is 5. The van der Waals surface area contributed by atoms with Crippen LogP contribution in [0.5, 0.6) is 11.6 Å². The number of sulfone groups is 1. The van der Waals surface area contributed by atoms with Gasteiger partial charge in [-0.15, -0.1) is 0 Å². The van der Waals surface area contributed by atoms with Crippen LogP contribution in [-0.4, -0.2) is 26.7 Å². The third-order valence-electron chi connectivity index (χ3n) is 2.73. The molecule has 0 bridgehead atoms. The third kappa shape index (κ3) is 3.99. The fourth-order valence-electron chi connectivity index (χ4n) is 1.74. The zero-order valence-corrected chi connectivity index (χ0v) is 12.4. The molecule has 2 rings (SSSR count). The van der Waals surface area contributed by atoms with Gasteiger partial charge in [0.15, 0.2) is 9.84 Å². The maximum Gasteiger partial charge on any atom is 0.223 e. The van der Waals surface area contributed by atoms with E-state index < -0.39 is 15.7 Å². The van der Waals surface area contributed by atoms with Crippen molar-refractivity contribution in [3.8, 4) is 11.6 Å². The second-order valence-corrected chi connectivity index (χ2v) is 6.51. The van der Waals surface area contributed by atoms with Gasteiger partial charge in [0, 0.05) is 18.4 Å². The Kier molecular flexibility index (Phi) is 4.54. The first kappa shape index (κ1) is 15.4. The zero-order chi connectivity index (χ0) is 15.5. The van der Waals surface area contributed by atoms with Crippen molar-refractivity contribution in [1.29, 1.82) is 0 Å². The van der Waals surface area contributed by atoms with Crippen molar-refractivity contribution in [2.75, 3.05) is 13.3 Å². The Morgan fingerprint density at radius 3 is 2.52 bits per heavy atom. The number of hydrogen-bond donors (Lipinski definition) is 1. The molecule has 0 fully saturated rings. The predicted molar refractivity (Wildman–Crippen MR) is 76.6 cm³/mol. The van der Waals surface area contributed by atoms with Crippen LogP contribution < -0.4 is 10.1 Å². The minimum absolute atomic E-state index is 0.206. The molecular weight excluding hydrogens is 295 g/mol. The van der Waals surface area contributed by atoms with Crippen molar-refractivity contribution < 1.29 is 17.5 Å². The maximum atomic E-state index is 13.2. The predicted octanol–water partition coefficient (Wildman–Crippen LogP) is 2.14. The average molecular weight is 310 g/mol. The number of nitrogens with one attached hydrogen (secondary N) is 1. The number of nitrogens with zero attached hydrogens (tertiary/aromatic N) is 1. The molecule has 0 aliphatic carbocycles. The zero-order valence-electron chi connectivity index (χ0n) is 11.6. The normalized spacial score (nSPS) is 11.4. The fraction of sp³-hybridized carbons (Fsp3) is 0.214. The van der Waals surface area contributed by atoms with Gasteiger partial charge in [0.05, 0.1) is 11.1 Å². The summed E-state index contributed by atoms with van der Waals surface area (Å²) < 4.78 is 41.5. The van der Waals surface area contributed by atoms with E-state index in [1.165, 1.54) is 30.3 Å². The van der Waals surface area contributed by atoms with E-state index in [0.717, 1.165) is 12.5 Å². The highest BCUT2D eigenvalue weighted by Gasteiger charge is 2.10. The van der Waals surface area contributed by atoms with Crippen molar-refractivity contribution in [3.05, 3.63) is 47.9 Å². The number of ether oxygens (including phenoxy) is 1. The monoisotopic (exact) mass is 310 g/mol. The minimum Gasteiger partial charge on any atom is -0.439 e. The number of halogens is 1. The summed E-state index contributed by atoms with van der Waals surface area (Å²) >= 11 is 0. The fourth-order valence-corrected chi connectivity index (χ4v) is 2.37. The third-order valence-corrected chi connectivity index (χ3v) is 3.85. The summed E-state index contributed by atoms with van der Waals surface area (Å²) in [5.41, 5.74) is 0.574. The molecule has 0 atom stereocenters. The highest BCUT2D eigenvalue weighted by atomic mass is 32.2. The lowest BCUT2D eigenvalue weighted by Crippen LogP contribution is -2.07. The summed E-state index contributed by atoms with van der Waals surface area (Å²) in [7, 11) is -1.51. The minimum atomic E-state index is -3.25. The summed E-state index contributed by atoms with van der Waals surface area (Å²) in [6, 6.07) is 7.30. The lowest BCUT2D eigenvalue weighted by atomic mass is 10.2. The standard InChI is InChI=1S/C14H15FN2O3S/c1-16-8-10-7-11(15)9-17-14(10)20-12-3-5-13(6-4-12)21(2,18)19/h3-7,9,16H,8H2,1-2H3. The molecule has 0 saturated carbocycles. The molecule has 1 heterocycles. The molecule has 0 aliphatic heterocycles. The van der Waals surface area contributed by atoms with Crippen molar-refractivity contribution in [3.63, 3.8) is 0 Å². The molecule has 1 aromatic heterocycles. The Bertz CT molecular complexity index is 730. The van der Waals surface area contributed by atoms with E-state index in [0.29, 0.717) is 17.9 Å². The van der Waals surface area contributed by atoms with E-state index in [1.807, 2.05) is 0 Å². The lowest BCUT2D eigenvalue weighted by molar-refractivity contribution is 0.449. The van der Waals surface area contributed by atoms with Gasteiger partial charge < -0.3 is 10.1 Å². The van der Waals surface area contributed by atoms with E-state index in [1.54, 1.807) is 7.05 Å². The SMILES string of the molecule is CNCc1cc(F)cnc1Oc1ccc(S(C)(=O)=O)cc1. The molecule has 1 N–H and O–H groups in total. The molecule has 5 nitrogen and oxygen atoms in total.